The quantitative estimate of drug-likeness (QED) is 0.729. The molecule has 0 saturated carbocycles. The lowest BCUT2D eigenvalue weighted by Gasteiger charge is -2.19. The average Bonchev–Trinajstić information content (AvgIpc) is 2.44. The lowest BCUT2D eigenvalue weighted by molar-refractivity contribution is -0.125. The van der Waals surface area contributed by atoms with E-state index in [1.807, 2.05) is 50.2 Å². The largest absolute Gasteiger partial charge is 0.491 e. The van der Waals surface area contributed by atoms with E-state index in [0.29, 0.717) is 19.8 Å². The second kappa shape index (κ2) is 8.55. The van der Waals surface area contributed by atoms with Crippen LogP contribution in [0.4, 0.5) is 0 Å². The standard InChI is InChI=1S/C15H24N2O3/c1-12(17(2)3)15(18)16-11-13-6-5-7-14(10-13)20-9-8-19-4/h5-7,10,12H,8-9,11H2,1-4H3,(H,16,18)/t12-/m0/s1. The summed E-state index contributed by atoms with van der Waals surface area (Å²) in [5.41, 5.74) is 1.01. The molecule has 5 heteroatoms. The average molecular weight is 280 g/mol. The third-order valence-electron chi connectivity index (χ3n) is 3.08. The van der Waals surface area contributed by atoms with Crippen LogP contribution in [0.1, 0.15) is 12.5 Å². The predicted molar refractivity (Wildman–Crippen MR) is 78.8 cm³/mol. The first-order valence-corrected chi connectivity index (χ1v) is 6.69. The predicted octanol–water partition coefficient (Wildman–Crippen LogP) is 1.28. The van der Waals surface area contributed by atoms with Gasteiger partial charge in [-0.3, -0.25) is 9.69 Å². The summed E-state index contributed by atoms with van der Waals surface area (Å²) in [4.78, 5) is 13.7. The summed E-state index contributed by atoms with van der Waals surface area (Å²) in [7, 11) is 5.41. The van der Waals surface area contributed by atoms with Crippen LogP contribution in [0.25, 0.3) is 0 Å². The Morgan fingerprint density at radius 1 is 1.35 bits per heavy atom. The van der Waals surface area contributed by atoms with Crippen LogP contribution in [-0.2, 0) is 16.1 Å². The number of hydrogen-bond donors (Lipinski definition) is 1. The molecule has 0 heterocycles. The van der Waals surface area contributed by atoms with E-state index in [2.05, 4.69) is 5.32 Å². The molecule has 1 rings (SSSR count). The Balaban J connectivity index is 2.47. The zero-order valence-corrected chi connectivity index (χ0v) is 12.7. The van der Waals surface area contributed by atoms with Gasteiger partial charge in [0, 0.05) is 13.7 Å². The van der Waals surface area contributed by atoms with Gasteiger partial charge in [0.1, 0.15) is 12.4 Å². The zero-order valence-electron chi connectivity index (χ0n) is 12.7. The summed E-state index contributed by atoms with van der Waals surface area (Å²) in [5.74, 6) is 0.801. The Morgan fingerprint density at radius 3 is 2.75 bits per heavy atom. The fourth-order valence-electron chi connectivity index (χ4n) is 1.56. The van der Waals surface area contributed by atoms with Gasteiger partial charge in [0.25, 0.3) is 0 Å². The summed E-state index contributed by atoms with van der Waals surface area (Å²) in [6.45, 7) is 3.45. The van der Waals surface area contributed by atoms with Crippen molar-refractivity contribution in [3.8, 4) is 5.75 Å². The van der Waals surface area contributed by atoms with E-state index in [4.69, 9.17) is 9.47 Å². The zero-order chi connectivity index (χ0) is 15.0. The Labute approximate surface area is 120 Å². The molecule has 1 atom stereocenters. The number of carbonyl (C=O) groups is 1. The molecule has 0 saturated heterocycles. The molecule has 20 heavy (non-hydrogen) atoms. The van der Waals surface area contributed by atoms with Crippen molar-refractivity contribution in [2.24, 2.45) is 0 Å². The first-order chi connectivity index (χ1) is 9.54. The van der Waals surface area contributed by atoms with Gasteiger partial charge >= 0.3 is 0 Å². The first-order valence-electron chi connectivity index (χ1n) is 6.69. The maximum Gasteiger partial charge on any atom is 0.237 e. The van der Waals surface area contributed by atoms with Crippen LogP contribution in [0.2, 0.25) is 0 Å². The van der Waals surface area contributed by atoms with Crippen molar-refractivity contribution < 1.29 is 14.3 Å². The van der Waals surface area contributed by atoms with Crippen LogP contribution in [0.5, 0.6) is 5.75 Å². The molecule has 0 aliphatic rings. The van der Waals surface area contributed by atoms with Crippen LogP contribution in [0.3, 0.4) is 0 Å². The van der Waals surface area contributed by atoms with E-state index in [1.54, 1.807) is 7.11 Å². The summed E-state index contributed by atoms with van der Waals surface area (Å²) >= 11 is 0. The van der Waals surface area contributed by atoms with Crippen molar-refractivity contribution in [1.82, 2.24) is 10.2 Å². The number of ether oxygens (including phenoxy) is 2. The molecule has 1 amide bonds. The number of rotatable bonds is 8. The lowest BCUT2D eigenvalue weighted by Crippen LogP contribution is -2.41. The number of nitrogens with zero attached hydrogens (tertiary/aromatic N) is 1. The van der Waals surface area contributed by atoms with Crippen LogP contribution in [0, 0.1) is 0 Å². The van der Waals surface area contributed by atoms with Gasteiger partial charge in [-0.15, -0.1) is 0 Å². The lowest BCUT2D eigenvalue weighted by atomic mass is 10.2. The van der Waals surface area contributed by atoms with Crippen molar-refractivity contribution in [1.29, 1.82) is 0 Å². The van der Waals surface area contributed by atoms with Gasteiger partial charge in [-0.2, -0.15) is 0 Å². The third kappa shape index (κ3) is 5.59. The van der Waals surface area contributed by atoms with Gasteiger partial charge in [-0.1, -0.05) is 12.1 Å². The van der Waals surface area contributed by atoms with E-state index >= 15 is 0 Å². The molecule has 1 aromatic carbocycles. The highest BCUT2D eigenvalue weighted by atomic mass is 16.5. The van der Waals surface area contributed by atoms with Gasteiger partial charge in [-0.25, -0.2) is 0 Å². The molecule has 0 bridgehead atoms. The number of hydrogen-bond acceptors (Lipinski definition) is 4. The summed E-state index contributed by atoms with van der Waals surface area (Å²) < 4.78 is 10.5. The smallest absolute Gasteiger partial charge is 0.237 e. The monoisotopic (exact) mass is 280 g/mol. The third-order valence-corrected chi connectivity index (χ3v) is 3.08. The molecule has 0 aromatic heterocycles. The molecular formula is C15H24N2O3. The topological polar surface area (TPSA) is 50.8 Å². The molecular weight excluding hydrogens is 256 g/mol. The van der Waals surface area contributed by atoms with E-state index in [0.717, 1.165) is 11.3 Å². The Kier molecular flexibility index (Phi) is 7.04. The normalized spacial score (nSPS) is 12.2. The highest BCUT2D eigenvalue weighted by molar-refractivity contribution is 5.81. The molecule has 0 spiro atoms. The van der Waals surface area contributed by atoms with Crippen molar-refractivity contribution in [3.05, 3.63) is 29.8 Å². The molecule has 0 radical (unpaired) electrons. The molecule has 0 unspecified atom stereocenters. The first kappa shape index (κ1) is 16.5. The number of nitrogens with one attached hydrogen (secondary N) is 1. The highest BCUT2D eigenvalue weighted by Crippen LogP contribution is 2.13. The van der Waals surface area contributed by atoms with Gasteiger partial charge in [0.15, 0.2) is 0 Å². The van der Waals surface area contributed by atoms with Crippen LogP contribution >= 0.6 is 0 Å². The Hall–Kier alpha value is -1.59. The number of likely N-dealkylation sites (N-methyl/N-ethyl adjacent to an activating group) is 1. The minimum absolute atomic E-state index is 0.0145. The van der Waals surface area contributed by atoms with E-state index in [-0.39, 0.29) is 11.9 Å². The summed E-state index contributed by atoms with van der Waals surface area (Å²) in [5, 5.41) is 2.91. The van der Waals surface area contributed by atoms with Crippen molar-refractivity contribution in [3.63, 3.8) is 0 Å². The molecule has 0 aliphatic heterocycles. The molecule has 1 aromatic rings. The number of amides is 1. The molecule has 0 aliphatic carbocycles. The second-order valence-corrected chi connectivity index (χ2v) is 4.85. The van der Waals surface area contributed by atoms with E-state index in [9.17, 15) is 4.79 Å². The number of methoxy groups -OCH3 is 1. The Bertz CT molecular complexity index is 421. The maximum atomic E-state index is 11.9. The molecule has 112 valence electrons. The fraction of sp³-hybridized carbons (Fsp3) is 0.533. The van der Waals surface area contributed by atoms with Gasteiger partial charge in [0.05, 0.1) is 12.6 Å². The molecule has 1 N–H and O–H groups in total. The van der Waals surface area contributed by atoms with Gasteiger partial charge in [0.2, 0.25) is 5.91 Å². The van der Waals surface area contributed by atoms with Crippen molar-refractivity contribution >= 4 is 5.91 Å². The summed E-state index contributed by atoms with van der Waals surface area (Å²) in [6.07, 6.45) is 0. The SMILES string of the molecule is COCCOc1cccc(CNC(=O)[C@H](C)N(C)C)c1. The van der Waals surface area contributed by atoms with Crippen LogP contribution < -0.4 is 10.1 Å². The molecule has 5 nitrogen and oxygen atoms in total. The minimum atomic E-state index is -0.142. The van der Waals surface area contributed by atoms with E-state index in [1.165, 1.54) is 0 Å². The van der Waals surface area contributed by atoms with Crippen LogP contribution in [-0.4, -0.2) is 51.3 Å². The number of benzene rings is 1. The van der Waals surface area contributed by atoms with Gasteiger partial charge < -0.3 is 14.8 Å². The second-order valence-electron chi connectivity index (χ2n) is 4.85. The maximum absolute atomic E-state index is 11.9. The highest BCUT2D eigenvalue weighted by Gasteiger charge is 2.13. The minimum Gasteiger partial charge on any atom is -0.491 e. The van der Waals surface area contributed by atoms with Crippen LogP contribution in [0.15, 0.2) is 24.3 Å². The van der Waals surface area contributed by atoms with Gasteiger partial charge in [-0.05, 0) is 38.7 Å². The Morgan fingerprint density at radius 2 is 2.10 bits per heavy atom. The number of carbonyl (C=O) groups excluding carboxylic acids is 1. The van der Waals surface area contributed by atoms with E-state index < -0.39 is 0 Å². The molecule has 0 fully saturated rings. The van der Waals surface area contributed by atoms with Crippen molar-refractivity contribution in [2.45, 2.75) is 19.5 Å². The fourth-order valence-corrected chi connectivity index (χ4v) is 1.56. The van der Waals surface area contributed by atoms with Crippen molar-refractivity contribution in [2.75, 3.05) is 34.4 Å². The summed E-state index contributed by atoms with van der Waals surface area (Å²) in [6, 6.07) is 7.55.